The number of hydrogen-bond donors (Lipinski definition) is 4. The van der Waals surface area contributed by atoms with Gasteiger partial charge in [-0.25, -0.2) is 0 Å². The predicted molar refractivity (Wildman–Crippen MR) is 65.3 cm³/mol. The highest BCUT2D eigenvalue weighted by atomic mass is 16.3. The average molecular weight is 242 g/mol. The van der Waals surface area contributed by atoms with E-state index in [-0.39, 0.29) is 0 Å². The van der Waals surface area contributed by atoms with Crippen molar-refractivity contribution in [3.8, 4) is 0 Å². The summed E-state index contributed by atoms with van der Waals surface area (Å²) in [6, 6.07) is 0. The molecule has 0 amide bonds. The molecule has 2 atom stereocenters. The molecule has 0 aromatic rings. The molecule has 17 heavy (non-hydrogen) atoms. The average Bonchev–Trinajstić information content (AvgIpc) is 2.36. The third-order valence-corrected chi connectivity index (χ3v) is 3.74. The van der Waals surface area contributed by atoms with Crippen LogP contribution in [-0.2, 0) is 0 Å². The summed E-state index contributed by atoms with van der Waals surface area (Å²) in [4.78, 5) is 0. The Balaban J connectivity index is 2.96. The van der Waals surface area contributed by atoms with Crippen LogP contribution in [0.3, 0.4) is 0 Å². The van der Waals surface area contributed by atoms with Crippen LogP contribution in [0.4, 0.5) is 0 Å². The van der Waals surface area contributed by atoms with Gasteiger partial charge in [-0.2, -0.15) is 0 Å². The van der Waals surface area contributed by atoms with E-state index in [1.807, 2.05) is 32.1 Å². The fraction of sp³-hybridized carbons (Fsp3) is 0.692. The highest BCUT2D eigenvalue weighted by Gasteiger charge is 2.46. The van der Waals surface area contributed by atoms with E-state index in [9.17, 15) is 20.4 Å². The van der Waals surface area contributed by atoms with E-state index >= 15 is 0 Å². The minimum absolute atomic E-state index is 0.451. The molecule has 0 heterocycles. The van der Waals surface area contributed by atoms with Gasteiger partial charge in [0.2, 0.25) is 0 Å². The molecule has 98 valence electrons. The lowest BCUT2D eigenvalue weighted by atomic mass is 9.67. The normalized spacial score (nSPS) is 26.8. The quantitative estimate of drug-likeness (QED) is 0.556. The summed E-state index contributed by atoms with van der Waals surface area (Å²) in [5.41, 5.74) is -0.719. The van der Waals surface area contributed by atoms with Crippen molar-refractivity contribution < 1.29 is 20.4 Å². The van der Waals surface area contributed by atoms with Crippen LogP contribution < -0.4 is 0 Å². The lowest BCUT2D eigenvalue weighted by molar-refractivity contribution is -0.120. The first-order chi connectivity index (χ1) is 7.94. The van der Waals surface area contributed by atoms with Crippen molar-refractivity contribution in [2.24, 2.45) is 10.8 Å². The summed E-state index contributed by atoms with van der Waals surface area (Å²) in [6.45, 7) is 2.47. The Bertz CT molecular complexity index is 309. The van der Waals surface area contributed by atoms with Crippen LogP contribution in [0.25, 0.3) is 0 Å². The first kappa shape index (κ1) is 14.4. The van der Waals surface area contributed by atoms with Gasteiger partial charge in [-0.05, 0) is 13.3 Å². The molecule has 0 fully saturated rings. The van der Waals surface area contributed by atoms with Crippen LogP contribution >= 0.6 is 0 Å². The Labute approximate surface area is 102 Å². The Morgan fingerprint density at radius 1 is 1.29 bits per heavy atom. The van der Waals surface area contributed by atoms with Gasteiger partial charge < -0.3 is 20.4 Å². The molecule has 0 spiro atoms. The van der Waals surface area contributed by atoms with Gasteiger partial charge in [0.1, 0.15) is 0 Å². The second kappa shape index (κ2) is 5.31. The van der Waals surface area contributed by atoms with Gasteiger partial charge in [0, 0.05) is 5.41 Å². The highest BCUT2D eigenvalue weighted by molar-refractivity contribution is 5.26. The largest absolute Gasteiger partial charge is 0.396 e. The van der Waals surface area contributed by atoms with Crippen molar-refractivity contribution >= 4 is 0 Å². The van der Waals surface area contributed by atoms with E-state index in [1.54, 1.807) is 0 Å². The van der Waals surface area contributed by atoms with E-state index in [1.165, 1.54) is 0 Å². The van der Waals surface area contributed by atoms with Gasteiger partial charge in [-0.3, -0.25) is 0 Å². The molecule has 4 N–H and O–H groups in total. The molecule has 0 aliphatic heterocycles. The molecule has 0 bridgehead atoms. The van der Waals surface area contributed by atoms with Crippen molar-refractivity contribution in [1.29, 1.82) is 0 Å². The molecule has 0 aromatic heterocycles. The number of rotatable bonds is 5. The summed E-state index contributed by atoms with van der Waals surface area (Å²) in [5, 5.41) is 38.3. The van der Waals surface area contributed by atoms with E-state index in [0.29, 0.717) is 6.42 Å². The molecule has 2 unspecified atom stereocenters. The zero-order valence-electron chi connectivity index (χ0n) is 10.4. The maximum absolute atomic E-state index is 10.4. The van der Waals surface area contributed by atoms with Crippen LogP contribution in [0.2, 0.25) is 0 Å². The zero-order valence-corrected chi connectivity index (χ0v) is 10.4. The minimum Gasteiger partial charge on any atom is -0.396 e. The highest BCUT2D eigenvalue weighted by Crippen LogP contribution is 2.40. The molecular weight excluding hydrogens is 220 g/mol. The first-order valence-electron chi connectivity index (χ1n) is 5.81. The standard InChI is InChI=1S/C13H22O4/c1-10-3-5-12(2,6-4-10)11(17)13(7-14,8-15)9-16/h3-5,11,14-17H,6-9H2,1-2H3. The van der Waals surface area contributed by atoms with Crippen molar-refractivity contribution in [1.82, 2.24) is 0 Å². The van der Waals surface area contributed by atoms with Gasteiger partial charge >= 0.3 is 0 Å². The van der Waals surface area contributed by atoms with Crippen molar-refractivity contribution in [2.45, 2.75) is 26.4 Å². The molecule has 0 saturated heterocycles. The third-order valence-electron chi connectivity index (χ3n) is 3.74. The Morgan fingerprint density at radius 2 is 1.82 bits per heavy atom. The second-order valence-electron chi connectivity index (χ2n) is 5.23. The first-order valence-corrected chi connectivity index (χ1v) is 5.81. The summed E-state index contributed by atoms with van der Waals surface area (Å²) in [5.74, 6) is 0. The fourth-order valence-corrected chi connectivity index (χ4v) is 2.15. The molecular formula is C13H22O4. The van der Waals surface area contributed by atoms with E-state index in [4.69, 9.17) is 0 Å². The summed E-state index contributed by atoms with van der Waals surface area (Å²) < 4.78 is 0. The zero-order chi connectivity index (χ0) is 13.1. The summed E-state index contributed by atoms with van der Waals surface area (Å²) >= 11 is 0. The van der Waals surface area contributed by atoms with E-state index < -0.39 is 36.8 Å². The SMILES string of the molecule is CC1=CCC(C)(C(O)C(CO)(CO)CO)C=C1. The van der Waals surface area contributed by atoms with E-state index in [2.05, 4.69) is 0 Å². The predicted octanol–water partition coefficient (Wildman–Crippen LogP) is 0.223. The Hall–Kier alpha value is -0.680. The molecule has 4 nitrogen and oxygen atoms in total. The molecule has 1 aliphatic rings. The maximum atomic E-state index is 10.4. The minimum atomic E-state index is -1.27. The Kier molecular flexibility index (Phi) is 4.49. The number of aliphatic hydroxyl groups excluding tert-OH is 4. The topological polar surface area (TPSA) is 80.9 Å². The van der Waals surface area contributed by atoms with Gasteiger partial charge in [0.25, 0.3) is 0 Å². The van der Waals surface area contributed by atoms with Crippen LogP contribution in [-0.4, -0.2) is 46.4 Å². The maximum Gasteiger partial charge on any atom is 0.0753 e. The lowest BCUT2D eigenvalue weighted by Crippen LogP contribution is -2.52. The summed E-state index contributed by atoms with van der Waals surface area (Å²) in [6.07, 6.45) is 5.40. The molecule has 0 aromatic carbocycles. The number of allylic oxidation sites excluding steroid dienone is 3. The number of hydrogen-bond acceptors (Lipinski definition) is 4. The second-order valence-corrected chi connectivity index (χ2v) is 5.23. The Morgan fingerprint density at radius 3 is 2.18 bits per heavy atom. The lowest BCUT2D eigenvalue weighted by Gasteiger charge is -2.43. The van der Waals surface area contributed by atoms with Crippen LogP contribution in [0.5, 0.6) is 0 Å². The van der Waals surface area contributed by atoms with Crippen molar-refractivity contribution in [3.63, 3.8) is 0 Å². The number of aliphatic hydroxyl groups is 4. The summed E-state index contributed by atoms with van der Waals surface area (Å²) in [7, 11) is 0. The molecule has 1 aliphatic carbocycles. The smallest absolute Gasteiger partial charge is 0.0753 e. The van der Waals surface area contributed by atoms with Gasteiger partial charge in [-0.15, -0.1) is 0 Å². The molecule has 1 rings (SSSR count). The van der Waals surface area contributed by atoms with E-state index in [0.717, 1.165) is 5.57 Å². The van der Waals surface area contributed by atoms with Crippen LogP contribution in [0.1, 0.15) is 20.3 Å². The van der Waals surface area contributed by atoms with Crippen molar-refractivity contribution in [2.75, 3.05) is 19.8 Å². The van der Waals surface area contributed by atoms with Crippen LogP contribution in [0.15, 0.2) is 23.8 Å². The molecule has 0 radical (unpaired) electrons. The van der Waals surface area contributed by atoms with Gasteiger partial charge in [0.15, 0.2) is 0 Å². The van der Waals surface area contributed by atoms with Gasteiger partial charge in [0.05, 0.1) is 31.3 Å². The van der Waals surface area contributed by atoms with Gasteiger partial charge in [-0.1, -0.05) is 30.7 Å². The van der Waals surface area contributed by atoms with Crippen LogP contribution in [0, 0.1) is 10.8 Å². The monoisotopic (exact) mass is 242 g/mol. The third kappa shape index (κ3) is 2.60. The molecule has 4 heteroatoms. The fourth-order valence-electron chi connectivity index (χ4n) is 2.15. The van der Waals surface area contributed by atoms with Crippen molar-refractivity contribution in [3.05, 3.63) is 23.8 Å². The molecule has 0 saturated carbocycles.